The molecule has 1 aliphatic rings. The summed E-state index contributed by atoms with van der Waals surface area (Å²) in [7, 11) is 1.97. The van der Waals surface area contributed by atoms with E-state index in [4.69, 9.17) is 4.74 Å². The highest BCUT2D eigenvalue weighted by atomic mass is 32.2. The summed E-state index contributed by atoms with van der Waals surface area (Å²) in [5, 5.41) is 0. The molecule has 0 spiro atoms. The third kappa shape index (κ3) is 5.01. The van der Waals surface area contributed by atoms with Crippen LogP contribution in [-0.4, -0.2) is 44.9 Å². The van der Waals surface area contributed by atoms with Gasteiger partial charge >= 0.3 is 6.18 Å². The van der Waals surface area contributed by atoms with Crippen molar-refractivity contribution in [3.8, 4) is 5.75 Å². The molecule has 1 aliphatic heterocycles. The number of nitrogens with zero attached hydrogens (tertiary/aromatic N) is 4. The van der Waals surface area contributed by atoms with Crippen molar-refractivity contribution in [1.82, 2.24) is 19.4 Å². The Bertz CT molecular complexity index is 1060. The maximum atomic E-state index is 13.2. The monoisotopic (exact) mass is 468 g/mol. The Morgan fingerprint density at radius 3 is 2.66 bits per heavy atom. The molecule has 0 amide bonds. The molecule has 0 unspecified atom stereocenters. The zero-order valence-corrected chi connectivity index (χ0v) is 18.4. The maximum Gasteiger partial charge on any atom is 0.416 e. The van der Waals surface area contributed by atoms with Gasteiger partial charge in [-0.3, -0.25) is 4.90 Å². The number of hydrogen-bond donors (Lipinski definition) is 0. The molecule has 3 aromatic rings. The van der Waals surface area contributed by atoms with Crippen LogP contribution in [0.5, 0.6) is 5.75 Å². The average Bonchev–Trinajstić information content (AvgIpc) is 3.09. The average molecular weight is 469 g/mol. The summed E-state index contributed by atoms with van der Waals surface area (Å²) in [6.07, 6.45) is -1.14. The first-order valence-electron chi connectivity index (χ1n) is 10.4. The smallest absolute Gasteiger partial charge is 0.416 e. The van der Waals surface area contributed by atoms with Gasteiger partial charge in [0.15, 0.2) is 5.65 Å². The lowest BCUT2D eigenvalue weighted by Crippen LogP contribution is -2.33. The van der Waals surface area contributed by atoms with Gasteiger partial charge in [0.2, 0.25) is 0 Å². The third-order valence-electron chi connectivity index (χ3n) is 5.90. The van der Waals surface area contributed by atoms with Crippen molar-refractivity contribution < 1.29 is 21.8 Å². The van der Waals surface area contributed by atoms with Crippen LogP contribution in [0, 0.1) is 0 Å². The first kappa shape index (κ1) is 22.8. The van der Waals surface area contributed by atoms with Crippen LogP contribution in [0.4, 0.5) is 17.1 Å². The molecule has 1 aromatic carbocycles. The summed E-state index contributed by atoms with van der Waals surface area (Å²) in [6, 6.07) is 7.52. The Kier molecular flexibility index (Phi) is 6.90. The molecule has 10 heteroatoms. The van der Waals surface area contributed by atoms with Crippen molar-refractivity contribution in [2.45, 2.75) is 31.5 Å². The highest BCUT2D eigenvalue weighted by Gasteiger charge is 2.32. The van der Waals surface area contributed by atoms with Crippen molar-refractivity contribution in [2.75, 3.05) is 25.4 Å². The second-order valence-electron chi connectivity index (χ2n) is 7.90. The van der Waals surface area contributed by atoms with Gasteiger partial charge in [0, 0.05) is 25.4 Å². The predicted molar refractivity (Wildman–Crippen MR) is 116 cm³/mol. The van der Waals surface area contributed by atoms with Crippen LogP contribution in [0.15, 0.2) is 36.5 Å². The lowest BCUT2D eigenvalue weighted by Gasteiger charge is -2.32. The number of ether oxygens (including phenoxy) is 1. The van der Waals surface area contributed by atoms with E-state index in [2.05, 4.69) is 14.9 Å². The van der Waals surface area contributed by atoms with Crippen LogP contribution >= 0.6 is 12.1 Å². The topological polar surface area (TPSA) is 43.2 Å². The Balaban J connectivity index is 1.45. The van der Waals surface area contributed by atoms with Gasteiger partial charge in [-0.15, -0.1) is 0 Å². The molecule has 1 fully saturated rings. The minimum Gasteiger partial charge on any atom is -0.492 e. The number of aryl methyl sites for hydroxylation is 1. The van der Waals surface area contributed by atoms with Crippen molar-refractivity contribution in [1.29, 1.82) is 0 Å². The van der Waals surface area contributed by atoms with E-state index in [0.717, 1.165) is 60.6 Å². The summed E-state index contributed by atoms with van der Waals surface area (Å²) in [4.78, 5) is 11.2. The van der Waals surface area contributed by atoms with Crippen molar-refractivity contribution in [2.24, 2.45) is 7.05 Å². The van der Waals surface area contributed by atoms with E-state index in [9.17, 15) is 17.1 Å². The Morgan fingerprint density at radius 2 is 1.97 bits per heavy atom. The van der Waals surface area contributed by atoms with Crippen LogP contribution in [0.3, 0.4) is 0 Å². The van der Waals surface area contributed by atoms with Crippen LogP contribution in [0.2, 0.25) is 0 Å². The molecular formula is C22H24F4N4OS. The van der Waals surface area contributed by atoms with Crippen molar-refractivity contribution in [3.63, 3.8) is 0 Å². The molecule has 1 saturated heterocycles. The minimum atomic E-state index is -4.45. The molecule has 0 N–H and O–H groups in total. The van der Waals surface area contributed by atoms with Crippen LogP contribution < -0.4 is 4.74 Å². The SMILES string of the molecule is Cn1c(CN2CCC(c3ccc(C(F)(F)F)cc3OCCSF)CC2)nc2ncccc21. The molecule has 172 valence electrons. The second kappa shape index (κ2) is 9.66. The van der Waals surface area contributed by atoms with E-state index in [1.807, 2.05) is 23.7 Å². The highest BCUT2D eigenvalue weighted by Crippen LogP contribution is 2.39. The number of benzene rings is 1. The Labute approximate surface area is 188 Å². The summed E-state index contributed by atoms with van der Waals surface area (Å²) in [5.41, 5.74) is 1.71. The number of pyridine rings is 1. The predicted octanol–water partition coefficient (Wildman–Crippen LogP) is 5.36. The fourth-order valence-electron chi connectivity index (χ4n) is 4.17. The van der Waals surface area contributed by atoms with E-state index < -0.39 is 11.7 Å². The van der Waals surface area contributed by atoms with Crippen LogP contribution in [-0.2, 0) is 19.8 Å². The molecule has 0 saturated carbocycles. The zero-order chi connectivity index (χ0) is 22.7. The normalized spacial score (nSPS) is 16.0. The molecule has 3 heterocycles. The van der Waals surface area contributed by atoms with Gasteiger partial charge in [-0.1, -0.05) is 6.07 Å². The van der Waals surface area contributed by atoms with E-state index in [1.54, 1.807) is 6.20 Å². The number of imidazole rings is 1. The van der Waals surface area contributed by atoms with Gasteiger partial charge in [-0.2, -0.15) is 17.1 Å². The van der Waals surface area contributed by atoms with E-state index in [1.165, 1.54) is 6.07 Å². The third-order valence-corrected chi connectivity index (χ3v) is 6.22. The zero-order valence-electron chi connectivity index (χ0n) is 17.6. The van der Waals surface area contributed by atoms with Gasteiger partial charge in [-0.25, -0.2) is 9.97 Å². The fourth-order valence-corrected chi connectivity index (χ4v) is 4.32. The molecule has 32 heavy (non-hydrogen) atoms. The molecule has 0 radical (unpaired) electrons. The number of rotatable bonds is 7. The second-order valence-corrected chi connectivity index (χ2v) is 8.52. The number of halogens is 4. The van der Waals surface area contributed by atoms with Crippen molar-refractivity contribution >= 4 is 23.3 Å². The number of hydrogen-bond acceptors (Lipinski definition) is 5. The standard InChI is InChI=1S/C22H24F4N4OS/c1-29-18-3-2-8-27-21(18)28-20(29)14-30-9-6-15(7-10-30)17-5-4-16(22(23,24)25)13-19(17)31-11-12-32-26/h2-5,8,13,15H,6-7,9-12,14H2,1H3. The first-order valence-corrected chi connectivity index (χ1v) is 11.3. The Hall–Kier alpha value is -2.33. The maximum absolute atomic E-state index is 13.2. The lowest BCUT2D eigenvalue weighted by molar-refractivity contribution is -0.137. The lowest BCUT2D eigenvalue weighted by atomic mass is 9.88. The number of likely N-dealkylation sites (tertiary alicyclic amines) is 1. The molecule has 4 rings (SSSR count). The largest absolute Gasteiger partial charge is 0.492 e. The Morgan fingerprint density at radius 1 is 1.19 bits per heavy atom. The van der Waals surface area contributed by atoms with E-state index >= 15 is 0 Å². The van der Waals surface area contributed by atoms with E-state index in [0.29, 0.717) is 6.54 Å². The summed E-state index contributed by atoms with van der Waals surface area (Å²) < 4.78 is 59.4. The summed E-state index contributed by atoms with van der Waals surface area (Å²) in [5.74, 6) is 1.29. The highest BCUT2D eigenvalue weighted by molar-refractivity contribution is 7.94. The van der Waals surface area contributed by atoms with Gasteiger partial charge in [0.25, 0.3) is 0 Å². The first-order chi connectivity index (χ1) is 15.4. The quantitative estimate of drug-likeness (QED) is 0.345. The summed E-state index contributed by atoms with van der Waals surface area (Å²) >= 11 is 0.109. The van der Waals surface area contributed by atoms with Crippen molar-refractivity contribution in [3.05, 3.63) is 53.5 Å². The number of alkyl halides is 3. The number of aromatic nitrogens is 3. The summed E-state index contributed by atoms with van der Waals surface area (Å²) in [6.45, 7) is 2.29. The minimum absolute atomic E-state index is 0.0229. The van der Waals surface area contributed by atoms with Gasteiger partial charge in [-0.05, 0) is 61.7 Å². The fraction of sp³-hybridized carbons (Fsp3) is 0.455. The molecular weight excluding hydrogens is 444 g/mol. The number of piperidine rings is 1. The van der Waals surface area contributed by atoms with Crippen LogP contribution in [0.1, 0.15) is 35.7 Å². The van der Waals surface area contributed by atoms with Gasteiger partial charge in [0.05, 0.1) is 30.0 Å². The van der Waals surface area contributed by atoms with Gasteiger partial charge < -0.3 is 9.30 Å². The molecule has 2 aromatic heterocycles. The number of fused-ring (bicyclic) bond motifs is 1. The molecule has 0 aliphatic carbocycles. The molecule has 0 atom stereocenters. The van der Waals surface area contributed by atoms with E-state index in [-0.39, 0.29) is 36.2 Å². The van der Waals surface area contributed by atoms with Gasteiger partial charge in [0.1, 0.15) is 11.6 Å². The molecule has 0 bridgehead atoms. The molecule has 5 nitrogen and oxygen atoms in total. The van der Waals surface area contributed by atoms with Crippen LogP contribution in [0.25, 0.3) is 11.2 Å².